The highest BCUT2D eigenvalue weighted by Gasteiger charge is 2.04. The lowest BCUT2D eigenvalue weighted by Crippen LogP contribution is -1.95. The molecule has 114 valence electrons. The van der Waals surface area contributed by atoms with Crippen molar-refractivity contribution in [3.05, 3.63) is 71.0 Å². The third-order valence-electron chi connectivity index (χ3n) is 3.16. The fourth-order valence-electron chi connectivity index (χ4n) is 2.05. The zero-order valence-corrected chi connectivity index (χ0v) is 12.5. The number of ether oxygens (including phenoxy) is 2. The number of ketones is 1. The van der Waals surface area contributed by atoms with Gasteiger partial charge in [0.2, 0.25) is 0 Å². The van der Waals surface area contributed by atoms with Crippen molar-refractivity contribution in [3.8, 4) is 5.75 Å². The minimum Gasteiger partial charge on any atom is -0.496 e. The molecule has 3 nitrogen and oxygen atoms in total. The maximum absolute atomic E-state index is 12.8. The molecule has 0 unspecified atom stereocenters. The van der Waals surface area contributed by atoms with E-state index in [1.165, 1.54) is 30.3 Å². The van der Waals surface area contributed by atoms with E-state index in [1.54, 1.807) is 20.3 Å². The van der Waals surface area contributed by atoms with Crippen LogP contribution in [0.2, 0.25) is 0 Å². The second kappa shape index (κ2) is 7.52. The van der Waals surface area contributed by atoms with Crippen molar-refractivity contribution in [3.63, 3.8) is 0 Å². The minimum absolute atomic E-state index is 0.177. The summed E-state index contributed by atoms with van der Waals surface area (Å²) in [5.41, 5.74) is 2.22. The van der Waals surface area contributed by atoms with Crippen LogP contribution < -0.4 is 4.74 Å². The quantitative estimate of drug-likeness (QED) is 0.600. The first-order chi connectivity index (χ1) is 10.6. The van der Waals surface area contributed by atoms with E-state index in [9.17, 15) is 9.18 Å². The van der Waals surface area contributed by atoms with Crippen molar-refractivity contribution in [2.75, 3.05) is 14.2 Å². The lowest BCUT2D eigenvalue weighted by atomic mass is 10.1. The highest BCUT2D eigenvalue weighted by atomic mass is 19.1. The first-order valence-corrected chi connectivity index (χ1v) is 6.78. The van der Waals surface area contributed by atoms with E-state index in [0.29, 0.717) is 12.2 Å². The van der Waals surface area contributed by atoms with Crippen molar-refractivity contribution in [1.29, 1.82) is 0 Å². The minimum atomic E-state index is -0.361. The summed E-state index contributed by atoms with van der Waals surface area (Å²) in [6, 6.07) is 11.1. The zero-order valence-electron chi connectivity index (χ0n) is 12.5. The molecule has 2 aromatic rings. The molecule has 0 aromatic heterocycles. The molecule has 0 bridgehead atoms. The summed E-state index contributed by atoms with van der Waals surface area (Å²) < 4.78 is 23.2. The molecule has 4 heteroatoms. The number of methoxy groups -OCH3 is 2. The summed E-state index contributed by atoms with van der Waals surface area (Å²) in [6.07, 6.45) is 3.18. The molecule has 0 heterocycles. The lowest BCUT2D eigenvalue weighted by molar-refractivity contribution is 0.104. The molecule has 0 spiro atoms. The van der Waals surface area contributed by atoms with Gasteiger partial charge >= 0.3 is 0 Å². The number of rotatable bonds is 6. The summed E-state index contributed by atoms with van der Waals surface area (Å²) in [6.45, 7) is 0.427. The number of benzene rings is 2. The van der Waals surface area contributed by atoms with E-state index in [0.717, 1.165) is 16.9 Å². The molecule has 0 N–H and O–H groups in total. The van der Waals surface area contributed by atoms with Crippen LogP contribution in [0.15, 0.2) is 48.5 Å². The van der Waals surface area contributed by atoms with Crippen LogP contribution in [-0.4, -0.2) is 20.0 Å². The van der Waals surface area contributed by atoms with E-state index in [-0.39, 0.29) is 11.6 Å². The molecular weight excluding hydrogens is 283 g/mol. The largest absolute Gasteiger partial charge is 0.496 e. The maximum Gasteiger partial charge on any atom is 0.185 e. The first-order valence-electron chi connectivity index (χ1n) is 6.78. The van der Waals surface area contributed by atoms with E-state index >= 15 is 0 Å². The Kier molecular flexibility index (Phi) is 5.44. The molecule has 2 rings (SSSR count). The van der Waals surface area contributed by atoms with Gasteiger partial charge in [-0.05, 0) is 48.0 Å². The smallest absolute Gasteiger partial charge is 0.185 e. The summed E-state index contributed by atoms with van der Waals surface area (Å²) in [7, 11) is 3.21. The molecule has 0 radical (unpaired) electrons. The van der Waals surface area contributed by atoms with E-state index in [4.69, 9.17) is 9.47 Å². The van der Waals surface area contributed by atoms with Crippen molar-refractivity contribution in [1.82, 2.24) is 0 Å². The normalized spacial score (nSPS) is 10.9. The number of hydrogen-bond acceptors (Lipinski definition) is 3. The van der Waals surface area contributed by atoms with Crippen molar-refractivity contribution < 1.29 is 18.7 Å². The highest BCUT2D eigenvalue weighted by molar-refractivity contribution is 6.06. The van der Waals surface area contributed by atoms with Crippen molar-refractivity contribution in [2.24, 2.45) is 0 Å². The van der Waals surface area contributed by atoms with E-state index in [1.807, 2.05) is 18.2 Å². The van der Waals surface area contributed by atoms with Gasteiger partial charge < -0.3 is 9.47 Å². The molecule has 2 aromatic carbocycles. The van der Waals surface area contributed by atoms with Gasteiger partial charge in [0.15, 0.2) is 5.78 Å². The molecule has 0 amide bonds. The van der Waals surface area contributed by atoms with Crippen LogP contribution >= 0.6 is 0 Å². The van der Waals surface area contributed by atoms with Crippen molar-refractivity contribution >= 4 is 11.9 Å². The molecule has 0 fully saturated rings. The zero-order chi connectivity index (χ0) is 15.9. The Labute approximate surface area is 129 Å². The van der Waals surface area contributed by atoms with E-state index in [2.05, 4.69) is 0 Å². The van der Waals surface area contributed by atoms with Crippen LogP contribution in [0.4, 0.5) is 4.39 Å². The average molecular weight is 300 g/mol. The summed E-state index contributed by atoms with van der Waals surface area (Å²) in [5, 5.41) is 0. The van der Waals surface area contributed by atoms with Gasteiger partial charge in [0.1, 0.15) is 11.6 Å². The molecule has 0 aliphatic rings. The molecular formula is C18H17FO3. The Hall–Kier alpha value is -2.46. The van der Waals surface area contributed by atoms with Gasteiger partial charge in [-0.3, -0.25) is 4.79 Å². The van der Waals surface area contributed by atoms with Gasteiger partial charge in [-0.25, -0.2) is 4.39 Å². The predicted octanol–water partition coefficient (Wildman–Crippen LogP) is 3.88. The predicted molar refractivity (Wildman–Crippen MR) is 83.5 cm³/mol. The van der Waals surface area contributed by atoms with Gasteiger partial charge in [0.25, 0.3) is 0 Å². The Balaban J connectivity index is 2.17. The third-order valence-corrected chi connectivity index (χ3v) is 3.16. The third kappa shape index (κ3) is 4.02. The van der Waals surface area contributed by atoms with Gasteiger partial charge in [-0.15, -0.1) is 0 Å². The molecule has 0 aliphatic carbocycles. The lowest BCUT2D eigenvalue weighted by Gasteiger charge is -2.08. The number of halogens is 1. The second-order valence-electron chi connectivity index (χ2n) is 4.71. The second-order valence-corrected chi connectivity index (χ2v) is 4.71. The fraction of sp³-hybridized carbons (Fsp3) is 0.167. The molecule has 0 saturated heterocycles. The fourth-order valence-corrected chi connectivity index (χ4v) is 2.05. The number of carbonyl (C=O) groups is 1. The van der Waals surface area contributed by atoms with Gasteiger partial charge in [0, 0.05) is 18.2 Å². The van der Waals surface area contributed by atoms with E-state index < -0.39 is 0 Å². The maximum atomic E-state index is 12.8. The molecule has 22 heavy (non-hydrogen) atoms. The SMILES string of the molecule is COCc1cc(/C=C/C(=O)c2ccc(F)cc2)ccc1OC. The van der Waals surface area contributed by atoms with Gasteiger partial charge in [-0.2, -0.15) is 0 Å². The van der Waals surface area contributed by atoms with Crippen LogP contribution in [0.3, 0.4) is 0 Å². The Bertz CT molecular complexity index is 675. The number of allylic oxidation sites excluding steroid dienone is 1. The topological polar surface area (TPSA) is 35.5 Å². The molecule has 0 saturated carbocycles. The van der Waals surface area contributed by atoms with Crippen LogP contribution in [-0.2, 0) is 11.3 Å². The number of hydrogen-bond donors (Lipinski definition) is 0. The standard InChI is InChI=1S/C18H17FO3/c1-21-12-15-11-13(4-10-18(15)22-2)3-9-17(20)14-5-7-16(19)8-6-14/h3-11H,12H2,1-2H3/b9-3+. The van der Waals surface area contributed by atoms with Crippen molar-refractivity contribution in [2.45, 2.75) is 6.61 Å². The van der Waals surface area contributed by atoms with Gasteiger partial charge in [-0.1, -0.05) is 12.1 Å². The average Bonchev–Trinajstić information content (AvgIpc) is 2.54. The van der Waals surface area contributed by atoms with Crippen LogP contribution in [0.5, 0.6) is 5.75 Å². The monoisotopic (exact) mass is 300 g/mol. The summed E-state index contributed by atoms with van der Waals surface area (Å²) in [5.74, 6) is 0.202. The number of carbonyl (C=O) groups excluding carboxylic acids is 1. The summed E-state index contributed by atoms with van der Waals surface area (Å²) in [4.78, 5) is 12.0. The van der Waals surface area contributed by atoms with Crippen LogP contribution in [0.1, 0.15) is 21.5 Å². The Morgan fingerprint density at radius 2 is 1.86 bits per heavy atom. The van der Waals surface area contributed by atoms with Crippen LogP contribution in [0.25, 0.3) is 6.08 Å². The molecule has 0 atom stereocenters. The Morgan fingerprint density at radius 3 is 2.50 bits per heavy atom. The summed E-state index contributed by atoms with van der Waals surface area (Å²) >= 11 is 0. The Morgan fingerprint density at radius 1 is 1.14 bits per heavy atom. The molecule has 0 aliphatic heterocycles. The highest BCUT2D eigenvalue weighted by Crippen LogP contribution is 2.21. The van der Waals surface area contributed by atoms with Gasteiger partial charge in [0.05, 0.1) is 13.7 Å². The van der Waals surface area contributed by atoms with Crippen LogP contribution in [0, 0.1) is 5.82 Å². The first kappa shape index (κ1) is 15.9.